The van der Waals surface area contributed by atoms with Gasteiger partial charge in [0, 0.05) is 25.7 Å². The van der Waals surface area contributed by atoms with E-state index in [0.29, 0.717) is 25.7 Å². The normalized spacial score (nSPS) is 14.2. The summed E-state index contributed by atoms with van der Waals surface area (Å²) in [4.78, 5) is 72.9. The van der Waals surface area contributed by atoms with Crippen molar-refractivity contribution in [3.63, 3.8) is 0 Å². The standard InChI is InChI=1S/C78H152O17P2/c1-7-10-12-14-16-18-20-22-24-25-26-27-28-30-32-34-38-42-50-56-62-77(82)94-73(66-88-75(80)60-54-48-41-37-33-31-29-23-21-19-17-15-13-11-8-2)68-92-96(84,85)90-64-72(79)65-91-97(86,87)93-69-74(67-89-76(81)61-55-49-45-44-47-53-59-71(6)9-3)95-78(83)63-57-51-43-39-35-36-40-46-52-58-70(4)5/h70-74,79H,7-69H2,1-6H3,(H,84,85)(H,86,87)/t71?,72-,73-,74-/m1/s1. The maximum Gasteiger partial charge on any atom is 0.472 e. The molecule has 576 valence electrons. The summed E-state index contributed by atoms with van der Waals surface area (Å²) >= 11 is 0. The first kappa shape index (κ1) is 95.1. The number of rotatable bonds is 77. The molecule has 3 N–H and O–H groups in total. The van der Waals surface area contributed by atoms with E-state index < -0.39 is 97.5 Å². The summed E-state index contributed by atoms with van der Waals surface area (Å²) in [6.45, 7) is 9.55. The molecule has 0 fully saturated rings. The van der Waals surface area contributed by atoms with Gasteiger partial charge in [-0.15, -0.1) is 0 Å². The van der Waals surface area contributed by atoms with E-state index >= 15 is 0 Å². The molecule has 0 radical (unpaired) electrons. The Hall–Kier alpha value is -1.94. The second-order valence-corrected chi connectivity index (χ2v) is 31.7. The average molecular weight is 1420 g/mol. The lowest BCUT2D eigenvalue weighted by atomic mass is 10.00. The van der Waals surface area contributed by atoms with Crippen molar-refractivity contribution in [2.75, 3.05) is 39.6 Å². The SMILES string of the molecule is CCCCCCCCCCCCCCCCCCCCCCC(=O)O[C@H](COC(=O)CCCCCCCCCCCCCCCCC)COP(=O)(O)OC[C@@H](O)COP(=O)(O)OC[C@@H](COC(=O)CCCCCCCCC(C)CC)OC(=O)CCCCCCCCCCCC(C)C. The van der Waals surface area contributed by atoms with Crippen molar-refractivity contribution >= 4 is 39.5 Å². The maximum absolute atomic E-state index is 13.1. The van der Waals surface area contributed by atoms with E-state index in [1.165, 1.54) is 218 Å². The van der Waals surface area contributed by atoms with Gasteiger partial charge in [-0.3, -0.25) is 37.3 Å². The number of aliphatic hydroxyl groups is 1. The summed E-state index contributed by atoms with van der Waals surface area (Å²) < 4.78 is 68.6. The van der Waals surface area contributed by atoms with Crippen LogP contribution in [0.2, 0.25) is 0 Å². The van der Waals surface area contributed by atoms with Crippen LogP contribution >= 0.6 is 15.6 Å². The molecular formula is C78H152O17P2. The van der Waals surface area contributed by atoms with E-state index in [2.05, 4.69) is 41.5 Å². The van der Waals surface area contributed by atoms with Crippen LogP contribution in [0.1, 0.15) is 408 Å². The third-order valence-corrected chi connectivity index (χ3v) is 20.5. The molecule has 0 saturated heterocycles. The fourth-order valence-electron chi connectivity index (χ4n) is 12.0. The van der Waals surface area contributed by atoms with Gasteiger partial charge in [0.2, 0.25) is 0 Å². The molecule has 0 rings (SSSR count). The molecular weight excluding hydrogens is 1270 g/mol. The predicted molar refractivity (Wildman–Crippen MR) is 395 cm³/mol. The molecule has 0 heterocycles. The van der Waals surface area contributed by atoms with E-state index in [1.807, 2.05) is 0 Å². The lowest BCUT2D eigenvalue weighted by Crippen LogP contribution is -2.30. The molecule has 0 aromatic heterocycles. The Kier molecular flexibility index (Phi) is 68.4. The monoisotopic (exact) mass is 1420 g/mol. The minimum atomic E-state index is -4.96. The Morgan fingerprint density at radius 3 is 0.784 bits per heavy atom. The number of hydrogen-bond acceptors (Lipinski definition) is 15. The highest BCUT2D eigenvalue weighted by Gasteiger charge is 2.30. The molecule has 0 amide bonds. The maximum atomic E-state index is 13.1. The van der Waals surface area contributed by atoms with E-state index in [9.17, 15) is 43.2 Å². The molecule has 0 aliphatic rings. The molecule has 97 heavy (non-hydrogen) atoms. The zero-order valence-electron chi connectivity index (χ0n) is 63.4. The van der Waals surface area contributed by atoms with Crippen LogP contribution in [-0.4, -0.2) is 96.7 Å². The minimum absolute atomic E-state index is 0.105. The van der Waals surface area contributed by atoms with Crippen LogP contribution in [0.25, 0.3) is 0 Å². The number of hydrogen-bond donors (Lipinski definition) is 3. The number of aliphatic hydroxyl groups excluding tert-OH is 1. The summed E-state index contributed by atoms with van der Waals surface area (Å²) in [6.07, 6.45) is 58.4. The average Bonchev–Trinajstić information content (AvgIpc) is 2.49. The van der Waals surface area contributed by atoms with E-state index in [4.69, 9.17) is 37.0 Å². The van der Waals surface area contributed by atoms with Gasteiger partial charge in [-0.05, 0) is 37.5 Å². The Bertz CT molecular complexity index is 1870. The van der Waals surface area contributed by atoms with Crippen molar-refractivity contribution in [3.05, 3.63) is 0 Å². The van der Waals surface area contributed by atoms with Gasteiger partial charge in [0.1, 0.15) is 19.3 Å². The number of phosphoric ester groups is 2. The number of esters is 4. The summed E-state index contributed by atoms with van der Waals surface area (Å²) in [5.41, 5.74) is 0. The molecule has 0 saturated carbocycles. The summed E-state index contributed by atoms with van der Waals surface area (Å²) in [5, 5.41) is 10.6. The molecule has 0 aliphatic carbocycles. The Morgan fingerprint density at radius 2 is 0.526 bits per heavy atom. The first-order chi connectivity index (χ1) is 46.9. The quantitative estimate of drug-likeness (QED) is 0.0222. The summed E-state index contributed by atoms with van der Waals surface area (Å²) in [5.74, 6) is -0.648. The van der Waals surface area contributed by atoms with Gasteiger partial charge < -0.3 is 33.8 Å². The molecule has 6 atom stereocenters. The van der Waals surface area contributed by atoms with Crippen LogP contribution in [0.4, 0.5) is 0 Å². The number of unbranched alkanes of at least 4 members (excludes halogenated alkanes) is 46. The number of phosphoric acid groups is 2. The van der Waals surface area contributed by atoms with Crippen LogP contribution in [-0.2, 0) is 65.4 Å². The summed E-state index contributed by atoms with van der Waals surface area (Å²) in [7, 11) is -9.91. The van der Waals surface area contributed by atoms with Crippen molar-refractivity contribution in [3.8, 4) is 0 Å². The van der Waals surface area contributed by atoms with Gasteiger partial charge >= 0.3 is 39.5 Å². The van der Waals surface area contributed by atoms with Gasteiger partial charge in [0.15, 0.2) is 12.2 Å². The first-order valence-electron chi connectivity index (χ1n) is 40.5. The van der Waals surface area contributed by atoms with E-state index in [1.54, 1.807) is 0 Å². The van der Waals surface area contributed by atoms with Gasteiger partial charge in [-0.1, -0.05) is 356 Å². The smallest absolute Gasteiger partial charge is 0.462 e. The molecule has 0 aromatic rings. The molecule has 0 spiro atoms. The summed E-state index contributed by atoms with van der Waals surface area (Å²) in [6, 6.07) is 0. The van der Waals surface area contributed by atoms with Gasteiger partial charge in [0.25, 0.3) is 0 Å². The highest BCUT2D eigenvalue weighted by molar-refractivity contribution is 7.47. The van der Waals surface area contributed by atoms with Crippen LogP contribution < -0.4 is 0 Å². The fourth-order valence-corrected chi connectivity index (χ4v) is 13.6. The van der Waals surface area contributed by atoms with Crippen LogP contribution in [0.15, 0.2) is 0 Å². The highest BCUT2D eigenvalue weighted by atomic mass is 31.2. The number of carbonyl (C=O) groups excluding carboxylic acids is 4. The molecule has 0 aromatic carbocycles. The molecule has 19 heteroatoms. The van der Waals surface area contributed by atoms with Crippen LogP contribution in [0.5, 0.6) is 0 Å². The first-order valence-corrected chi connectivity index (χ1v) is 43.5. The number of carbonyl (C=O) groups is 4. The highest BCUT2D eigenvalue weighted by Crippen LogP contribution is 2.45. The molecule has 0 bridgehead atoms. The third kappa shape index (κ3) is 70.9. The molecule has 17 nitrogen and oxygen atoms in total. The third-order valence-electron chi connectivity index (χ3n) is 18.6. The molecule has 0 aliphatic heterocycles. The van der Waals surface area contributed by atoms with Crippen LogP contribution in [0, 0.1) is 11.8 Å². The predicted octanol–water partition coefficient (Wildman–Crippen LogP) is 23.1. The lowest BCUT2D eigenvalue weighted by molar-refractivity contribution is -0.161. The van der Waals surface area contributed by atoms with Crippen molar-refractivity contribution in [2.24, 2.45) is 11.8 Å². The lowest BCUT2D eigenvalue weighted by Gasteiger charge is -2.21. The van der Waals surface area contributed by atoms with E-state index in [0.717, 1.165) is 108 Å². The van der Waals surface area contributed by atoms with Crippen molar-refractivity contribution in [2.45, 2.75) is 426 Å². The van der Waals surface area contributed by atoms with Crippen LogP contribution in [0.3, 0.4) is 0 Å². The Balaban J connectivity index is 5.22. The largest absolute Gasteiger partial charge is 0.472 e. The van der Waals surface area contributed by atoms with Crippen molar-refractivity contribution in [1.82, 2.24) is 0 Å². The topological polar surface area (TPSA) is 237 Å². The second-order valence-electron chi connectivity index (χ2n) is 28.8. The van der Waals surface area contributed by atoms with Gasteiger partial charge in [0.05, 0.1) is 26.4 Å². The minimum Gasteiger partial charge on any atom is -0.462 e. The number of ether oxygens (including phenoxy) is 4. The van der Waals surface area contributed by atoms with Crippen molar-refractivity contribution in [1.29, 1.82) is 0 Å². The fraction of sp³-hybridized carbons (Fsp3) is 0.949. The van der Waals surface area contributed by atoms with Gasteiger partial charge in [-0.2, -0.15) is 0 Å². The Labute approximate surface area is 594 Å². The van der Waals surface area contributed by atoms with E-state index in [-0.39, 0.29) is 25.7 Å². The Morgan fingerprint density at radius 1 is 0.299 bits per heavy atom. The molecule has 3 unspecified atom stereocenters. The second kappa shape index (κ2) is 69.8. The zero-order chi connectivity index (χ0) is 71.4. The zero-order valence-corrected chi connectivity index (χ0v) is 65.2. The van der Waals surface area contributed by atoms with Gasteiger partial charge in [-0.25, -0.2) is 9.13 Å². The van der Waals surface area contributed by atoms with Crippen molar-refractivity contribution < 1.29 is 80.2 Å².